The number of phenolic OH excluding ortho intramolecular Hbond substituents is 1. The summed E-state index contributed by atoms with van der Waals surface area (Å²) in [4.78, 5) is 272. The Morgan fingerprint density at radius 1 is 0.570 bits per heavy atom. The molecule has 43 nitrogen and oxygen atoms in total. The lowest BCUT2D eigenvalue weighted by Gasteiger charge is -2.37. The number of amides is 16. The summed E-state index contributed by atoms with van der Waals surface area (Å²) in [5.74, 6) is -16.1. The molecule has 3 saturated heterocycles. The van der Waals surface area contributed by atoms with Crippen LogP contribution in [0.25, 0.3) is 33.1 Å². The molecule has 0 radical (unpaired) electrons. The van der Waals surface area contributed by atoms with Gasteiger partial charge in [0, 0.05) is 118 Å². The van der Waals surface area contributed by atoms with Crippen LogP contribution in [0.2, 0.25) is 0 Å². The predicted molar refractivity (Wildman–Crippen MR) is 529 cm³/mol. The number of primary amides is 2. The maximum atomic E-state index is 16.2. The van der Waals surface area contributed by atoms with Gasteiger partial charge in [-0.05, 0) is 117 Å². The number of aromatic hydroxyl groups is 1. The molecule has 0 saturated carbocycles. The lowest BCUT2D eigenvalue weighted by molar-refractivity contribution is -0.149. The molecule has 44 heteroatoms. The Morgan fingerprint density at radius 2 is 1.13 bits per heavy atom. The fourth-order valence-corrected chi connectivity index (χ4v) is 18.9. The van der Waals surface area contributed by atoms with E-state index in [1.54, 1.807) is 50.4 Å². The molecule has 766 valence electrons. The summed E-state index contributed by atoms with van der Waals surface area (Å²) in [6.07, 6.45) is 5.08. The van der Waals surface area contributed by atoms with E-state index in [1.165, 1.54) is 79.6 Å². The SMILES string of the molecule is CCCCC1C(=O)N(C)C(CCCC)C(=O)NC(CCCNC(=N)N)C(C=O)NC(C(=O)NCC(N)=O)CSCC(=O)NC(Cc2ccc(O)cc2)C(=O)N(C)C(C)C(=O)NC(CC(N)=O)C(=O)N2CCCC2C(=O)NC(Cc2cnc[nH]2)C(=O)NC(CC(C)C)C(=O)N2CCCC2C(=O)NC(Cc2c[nH]c3ccccc23)C(=O)NC(CO)C(=O)NC(Cc2c(-c3ccccc3)[nH]c3ccccc23)C(=O)N1C. The van der Waals surface area contributed by atoms with Gasteiger partial charge >= 0.3 is 0 Å². The van der Waals surface area contributed by atoms with Crippen molar-refractivity contribution in [3.63, 3.8) is 0 Å². The van der Waals surface area contributed by atoms with Crippen molar-refractivity contribution in [3.05, 3.63) is 144 Å². The zero-order chi connectivity index (χ0) is 103. The van der Waals surface area contributed by atoms with E-state index in [2.05, 4.69) is 78.4 Å². The van der Waals surface area contributed by atoms with E-state index in [1.807, 2.05) is 62.4 Å². The van der Waals surface area contributed by atoms with Crippen LogP contribution in [-0.4, -0.2) is 317 Å². The van der Waals surface area contributed by atoms with Crippen molar-refractivity contribution in [2.45, 2.75) is 241 Å². The van der Waals surface area contributed by atoms with E-state index in [4.69, 9.17) is 22.6 Å². The van der Waals surface area contributed by atoms with Gasteiger partial charge in [0.15, 0.2) is 5.96 Å². The van der Waals surface area contributed by atoms with Crippen LogP contribution in [0.3, 0.4) is 0 Å². The lowest BCUT2D eigenvalue weighted by atomic mass is 9.96. The number of para-hydroxylation sites is 2. The van der Waals surface area contributed by atoms with Crippen LogP contribution in [0, 0.1) is 11.3 Å². The van der Waals surface area contributed by atoms with Crippen LogP contribution >= 0.6 is 11.8 Å². The number of imidazole rings is 1. The van der Waals surface area contributed by atoms with Crippen LogP contribution in [0.4, 0.5) is 0 Å². The third-order valence-corrected chi connectivity index (χ3v) is 26.9. The first kappa shape index (κ1) is 110. The van der Waals surface area contributed by atoms with E-state index < -0.39 is 216 Å². The quantitative estimate of drug-likeness (QED) is 0.0131. The van der Waals surface area contributed by atoms with Gasteiger partial charge in [0.25, 0.3) is 0 Å². The fraction of sp³-hybridized carbons (Fsp3) is 0.500. The number of nitrogens with zero attached hydrogens (tertiary/aromatic N) is 6. The smallest absolute Gasteiger partial charge is 0.246 e. The molecule has 10 rings (SSSR count). The molecule has 7 aromatic rings. The number of aliphatic hydroxyl groups is 1. The molecule has 3 aliphatic rings. The molecule has 4 aromatic carbocycles. The van der Waals surface area contributed by atoms with Gasteiger partial charge in [0.2, 0.25) is 94.5 Å². The van der Waals surface area contributed by atoms with E-state index in [0.29, 0.717) is 87.4 Å². The first-order valence-electron chi connectivity index (χ1n) is 48.0. The summed E-state index contributed by atoms with van der Waals surface area (Å²) in [6.45, 7) is 6.72. The van der Waals surface area contributed by atoms with Crippen molar-refractivity contribution in [2.24, 2.45) is 23.1 Å². The number of aromatic amines is 3. The molecule has 142 heavy (non-hydrogen) atoms. The Balaban J connectivity index is 1.05. The normalized spacial score (nSPS) is 24.1. The number of rotatable bonds is 28. The van der Waals surface area contributed by atoms with E-state index in [-0.39, 0.29) is 121 Å². The number of H-pyrrole nitrogens is 3. The Hall–Kier alpha value is -14.3. The third-order valence-electron chi connectivity index (χ3n) is 25.9. The van der Waals surface area contributed by atoms with Gasteiger partial charge in [-0.1, -0.05) is 132 Å². The standard InChI is InChI=1S/C98H134N24O19S/c1-9-11-30-77-90(134)111-67(29-20-38-104-98(101)102)74(50-123)108-76(86(130)106-49-82(100)127)52-142-53-83(128)109-71(42-57-34-36-61(125)37-35-57)93(137)118(6)56(5)85(129)114-73(46-81(99)126)96(140)122-40-22-33-79(122)92(136)113-69(44-60-48-103-54-107-60)88(132)115-70(41-55(3)4)95(139)121-39-21-32-78(121)91(135)112-68(43-59-47-105-65-27-18-16-25-62(59)65)87(131)117-75(51-124)89(133)116-72(94(138)120(8)80(31-12-10-2)97(141)119(77)7)45-64-63-26-17-19-28-66(63)110-84(64)58-23-14-13-15-24-58/h13-19,23-28,34-37,47-48,50,54-56,67-80,105,108,110,124-125H,9-12,20-22,29-33,38-46,49,51-53H2,1-8H3,(H2,99,126)(H2,100,127)(H,103,107)(H,106,130)(H,109,128)(H,111,134)(H,112,135)(H,113,136)(H,114,129)(H,115,132)(H,116,133)(H,117,131)(H4,101,102,104). The van der Waals surface area contributed by atoms with Crippen molar-refractivity contribution >= 4 is 140 Å². The van der Waals surface area contributed by atoms with Crippen LogP contribution in [0.1, 0.15) is 147 Å². The fourth-order valence-electron chi connectivity index (χ4n) is 18.1. The Labute approximate surface area is 826 Å². The number of aldehydes is 1. The Bertz CT molecular complexity index is 5610. The van der Waals surface area contributed by atoms with E-state index >= 15 is 38.4 Å². The summed E-state index contributed by atoms with van der Waals surface area (Å²) in [5.41, 5.74) is 21.3. The van der Waals surface area contributed by atoms with Crippen molar-refractivity contribution in [1.29, 1.82) is 5.41 Å². The second-order valence-electron chi connectivity index (χ2n) is 36.7. The number of guanidine groups is 1. The molecule has 3 aromatic heterocycles. The van der Waals surface area contributed by atoms with Crippen molar-refractivity contribution in [2.75, 3.05) is 65.4 Å². The molecular weight excluding hydrogens is 1850 g/mol. The largest absolute Gasteiger partial charge is 0.508 e. The second-order valence-corrected chi connectivity index (χ2v) is 37.7. The monoisotopic (exact) mass is 1980 g/mol. The summed E-state index contributed by atoms with van der Waals surface area (Å²) in [5, 5.41) is 61.2. The molecule has 3 aliphatic heterocycles. The van der Waals surface area contributed by atoms with Gasteiger partial charge in [0.05, 0.1) is 49.8 Å². The number of carbonyl (C=O) groups is 17. The average molecular weight is 1980 g/mol. The third kappa shape index (κ3) is 29.9. The zero-order valence-electron chi connectivity index (χ0n) is 81.2. The Kier molecular flexibility index (Phi) is 40.8. The summed E-state index contributed by atoms with van der Waals surface area (Å²) in [6, 6.07) is 6.65. The number of fused-ring (bicyclic) bond motifs is 4. The number of likely N-dealkylation sites (N-methyl/N-ethyl adjacent to an activating group) is 3. The van der Waals surface area contributed by atoms with Gasteiger partial charge in [-0.3, -0.25) is 87.4 Å². The van der Waals surface area contributed by atoms with Gasteiger partial charge in [-0.25, -0.2) is 4.98 Å². The molecule has 0 spiro atoms. The number of thioether (sulfide) groups is 1. The Morgan fingerprint density at radius 3 is 1.74 bits per heavy atom. The number of nitrogens with one attached hydrogen (secondary N) is 15. The van der Waals surface area contributed by atoms with Gasteiger partial charge in [0.1, 0.15) is 84.5 Å². The molecule has 15 atom stereocenters. The highest BCUT2D eigenvalue weighted by Gasteiger charge is 2.46. The van der Waals surface area contributed by atoms with Crippen LogP contribution < -0.4 is 75.7 Å². The molecule has 0 bridgehead atoms. The van der Waals surface area contributed by atoms with E-state index in [0.717, 1.165) is 21.6 Å². The van der Waals surface area contributed by atoms with Crippen LogP contribution in [-0.2, 0) is 107 Å². The average Bonchev–Trinajstić information content (AvgIpc) is 1.63. The molecule has 0 aliphatic carbocycles. The highest BCUT2D eigenvalue weighted by atomic mass is 32.2. The number of aromatic nitrogens is 4. The highest BCUT2D eigenvalue weighted by molar-refractivity contribution is 8.00. The molecular formula is C98H134N24O19S. The van der Waals surface area contributed by atoms with E-state index in [9.17, 15) is 53.4 Å². The van der Waals surface area contributed by atoms with Crippen LogP contribution in [0.5, 0.6) is 5.75 Å². The topological polar surface area (TPSA) is 641 Å². The number of hydrogen-bond acceptors (Lipinski definition) is 23. The highest BCUT2D eigenvalue weighted by Crippen LogP contribution is 2.34. The first-order chi connectivity index (χ1) is 67.9. The predicted octanol–water partition coefficient (Wildman–Crippen LogP) is -0.192. The van der Waals surface area contributed by atoms with Gasteiger partial charge in [-0.2, -0.15) is 0 Å². The summed E-state index contributed by atoms with van der Waals surface area (Å²) in [7, 11) is 3.99. The molecule has 16 amide bonds. The number of unbranched alkanes of at least 4 members (excludes halogenated alkanes) is 2. The number of phenols is 1. The number of aliphatic hydroxyl groups excluding tert-OH is 1. The number of carbonyl (C=O) groups excluding carboxylic acids is 17. The minimum absolute atomic E-state index is 0.00235. The summed E-state index contributed by atoms with van der Waals surface area (Å²) < 4.78 is 0. The molecule has 23 N–H and O–H groups in total. The van der Waals surface area contributed by atoms with Gasteiger partial charge < -0.3 is 125 Å². The first-order valence-corrected chi connectivity index (χ1v) is 49.2. The van der Waals surface area contributed by atoms with Crippen molar-refractivity contribution in [3.8, 4) is 17.0 Å². The maximum Gasteiger partial charge on any atom is 0.246 e. The number of hydrogen-bond donors (Lipinski definition) is 20. The molecule has 6 heterocycles. The molecule has 3 fully saturated rings. The maximum absolute atomic E-state index is 16.2. The van der Waals surface area contributed by atoms with Crippen molar-refractivity contribution in [1.82, 2.24) is 103 Å². The van der Waals surface area contributed by atoms with Gasteiger partial charge in [-0.15, -0.1) is 11.8 Å². The summed E-state index contributed by atoms with van der Waals surface area (Å²) >= 11 is 0.813. The minimum atomic E-state index is -1.88. The minimum Gasteiger partial charge on any atom is -0.508 e. The zero-order valence-corrected chi connectivity index (χ0v) is 82.0. The van der Waals surface area contributed by atoms with Crippen molar-refractivity contribution < 1.29 is 91.7 Å². The number of nitrogens with two attached hydrogens (primary N) is 3. The number of benzene rings is 4. The molecule has 15 unspecified atom stereocenters. The van der Waals surface area contributed by atoms with Crippen LogP contribution in [0.15, 0.2) is 122 Å². The lowest BCUT2D eigenvalue weighted by Crippen LogP contribution is -2.62. The second kappa shape index (κ2) is 52.8.